The molecule has 3 heterocycles. The third-order valence-electron chi connectivity index (χ3n) is 4.58. The van der Waals surface area contributed by atoms with E-state index in [1.165, 1.54) is 0 Å². The lowest BCUT2D eigenvalue weighted by Crippen LogP contribution is -2.15. The van der Waals surface area contributed by atoms with Crippen molar-refractivity contribution in [2.45, 2.75) is 31.1 Å². The lowest BCUT2D eigenvalue weighted by atomic mass is 10.1. The summed E-state index contributed by atoms with van der Waals surface area (Å²) < 4.78 is 7.37. The van der Waals surface area contributed by atoms with Crippen LogP contribution in [0.3, 0.4) is 0 Å². The van der Waals surface area contributed by atoms with Gasteiger partial charge in [0.05, 0.1) is 23.0 Å². The quantitative estimate of drug-likeness (QED) is 0.631. The molecule has 0 saturated carbocycles. The van der Waals surface area contributed by atoms with Crippen LogP contribution in [0.4, 0.5) is 5.69 Å². The molecule has 0 bridgehead atoms. The van der Waals surface area contributed by atoms with Gasteiger partial charge in [0.25, 0.3) is 5.91 Å². The molecule has 29 heavy (non-hydrogen) atoms. The van der Waals surface area contributed by atoms with Gasteiger partial charge in [0.15, 0.2) is 0 Å². The number of ether oxygens (including phenoxy) is 1. The Hall–Kier alpha value is -3.06. The van der Waals surface area contributed by atoms with E-state index in [-0.39, 0.29) is 17.4 Å². The summed E-state index contributed by atoms with van der Waals surface area (Å²) in [5.41, 5.74) is 3.75. The SMILES string of the molecule is CC(C)OC(=O)c1cccc(C(=O)Nc2ccn3c2CSC3c2cccnc2)c1. The molecule has 1 N–H and O–H groups in total. The number of benzene rings is 1. The summed E-state index contributed by atoms with van der Waals surface area (Å²) in [6.45, 7) is 3.58. The van der Waals surface area contributed by atoms with Crippen LogP contribution in [0.1, 0.15) is 51.2 Å². The summed E-state index contributed by atoms with van der Waals surface area (Å²) in [4.78, 5) is 29.1. The van der Waals surface area contributed by atoms with Crippen LogP contribution in [-0.2, 0) is 10.5 Å². The van der Waals surface area contributed by atoms with Crippen molar-refractivity contribution in [3.05, 3.63) is 83.4 Å². The average Bonchev–Trinajstić information content (AvgIpc) is 3.31. The number of anilines is 1. The third kappa shape index (κ3) is 4.05. The van der Waals surface area contributed by atoms with Crippen molar-refractivity contribution >= 4 is 29.3 Å². The van der Waals surface area contributed by atoms with Crippen molar-refractivity contribution < 1.29 is 14.3 Å². The van der Waals surface area contributed by atoms with Crippen molar-refractivity contribution in [2.24, 2.45) is 0 Å². The highest BCUT2D eigenvalue weighted by Gasteiger charge is 2.27. The molecule has 0 fully saturated rings. The number of amides is 1. The molecule has 1 amide bonds. The molecule has 1 atom stereocenters. The molecular weight excluding hydrogens is 386 g/mol. The zero-order valence-electron chi connectivity index (χ0n) is 16.2. The molecular formula is C22H21N3O3S. The number of nitrogens with one attached hydrogen (secondary N) is 1. The molecule has 2 aromatic heterocycles. The molecule has 148 valence electrons. The number of thioether (sulfide) groups is 1. The average molecular weight is 407 g/mol. The normalized spacial score (nSPS) is 15.2. The molecule has 4 rings (SSSR count). The van der Waals surface area contributed by atoms with Crippen LogP contribution in [0.2, 0.25) is 0 Å². The smallest absolute Gasteiger partial charge is 0.338 e. The van der Waals surface area contributed by atoms with Gasteiger partial charge in [0.2, 0.25) is 0 Å². The maximum atomic E-state index is 12.8. The van der Waals surface area contributed by atoms with Crippen LogP contribution in [0.15, 0.2) is 61.1 Å². The Morgan fingerprint density at radius 3 is 2.79 bits per heavy atom. The minimum Gasteiger partial charge on any atom is -0.459 e. The zero-order valence-corrected chi connectivity index (χ0v) is 17.0. The number of rotatable bonds is 5. The number of hydrogen-bond acceptors (Lipinski definition) is 5. The van der Waals surface area contributed by atoms with Crippen molar-refractivity contribution in [2.75, 3.05) is 5.32 Å². The Morgan fingerprint density at radius 2 is 2.03 bits per heavy atom. The number of hydrogen-bond donors (Lipinski definition) is 1. The second-order valence-electron chi connectivity index (χ2n) is 7.02. The van der Waals surface area contributed by atoms with Crippen LogP contribution >= 0.6 is 11.8 Å². The first-order chi connectivity index (χ1) is 14.0. The van der Waals surface area contributed by atoms with E-state index >= 15 is 0 Å². The van der Waals surface area contributed by atoms with Gasteiger partial charge in [-0.3, -0.25) is 9.78 Å². The van der Waals surface area contributed by atoms with E-state index in [0.29, 0.717) is 11.1 Å². The van der Waals surface area contributed by atoms with Gasteiger partial charge in [-0.05, 0) is 44.2 Å². The molecule has 0 spiro atoms. The van der Waals surface area contributed by atoms with Crippen LogP contribution in [0.25, 0.3) is 0 Å². The fourth-order valence-corrected chi connectivity index (χ4v) is 4.56. The van der Waals surface area contributed by atoms with Crippen LogP contribution in [0, 0.1) is 0 Å². The van der Waals surface area contributed by atoms with Gasteiger partial charge in [-0.15, -0.1) is 11.8 Å². The van der Waals surface area contributed by atoms with E-state index in [9.17, 15) is 9.59 Å². The molecule has 1 unspecified atom stereocenters. The summed E-state index contributed by atoms with van der Waals surface area (Å²) in [6.07, 6.45) is 5.40. The van der Waals surface area contributed by atoms with Gasteiger partial charge >= 0.3 is 5.97 Å². The minimum absolute atomic E-state index is 0.151. The number of fused-ring (bicyclic) bond motifs is 1. The Kier molecular flexibility index (Phi) is 5.40. The minimum atomic E-state index is -0.435. The van der Waals surface area contributed by atoms with Gasteiger partial charge in [0.1, 0.15) is 5.37 Å². The summed E-state index contributed by atoms with van der Waals surface area (Å²) in [7, 11) is 0. The number of carbonyl (C=O) groups is 2. The van der Waals surface area contributed by atoms with Gasteiger partial charge in [-0.25, -0.2) is 4.79 Å². The van der Waals surface area contributed by atoms with Crippen molar-refractivity contribution in [1.82, 2.24) is 9.55 Å². The Bertz CT molecular complexity index is 1050. The second-order valence-corrected chi connectivity index (χ2v) is 8.09. The summed E-state index contributed by atoms with van der Waals surface area (Å²) >= 11 is 1.79. The maximum absolute atomic E-state index is 12.8. The van der Waals surface area contributed by atoms with Gasteiger partial charge < -0.3 is 14.6 Å². The highest BCUT2D eigenvalue weighted by atomic mass is 32.2. The first-order valence-electron chi connectivity index (χ1n) is 9.36. The number of nitrogens with zero attached hydrogens (tertiary/aromatic N) is 2. The number of carbonyl (C=O) groups excluding carboxylic acids is 2. The predicted molar refractivity (Wildman–Crippen MR) is 113 cm³/mol. The summed E-state index contributed by atoms with van der Waals surface area (Å²) in [5.74, 6) is 0.103. The van der Waals surface area contributed by atoms with E-state index in [1.54, 1.807) is 56.1 Å². The molecule has 6 nitrogen and oxygen atoms in total. The van der Waals surface area contributed by atoms with E-state index in [1.807, 2.05) is 24.5 Å². The van der Waals surface area contributed by atoms with E-state index in [2.05, 4.69) is 20.9 Å². The molecule has 3 aromatic rings. The fourth-order valence-electron chi connectivity index (χ4n) is 3.25. The van der Waals surface area contributed by atoms with E-state index in [4.69, 9.17) is 4.74 Å². The molecule has 1 aromatic carbocycles. The van der Waals surface area contributed by atoms with Gasteiger partial charge in [-0.1, -0.05) is 12.1 Å². The summed E-state index contributed by atoms with van der Waals surface area (Å²) in [5, 5.41) is 3.13. The van der Waals surface area contributed by atoms with Gasteiger partial charge in [0, 0.05) is 35.5 Å². The monoisotopic (exact) mass is 407 g/mol. The highest BCUT2D eigenvalue weighted by Crippen LogP contribution is 2.43. The Labute approximate surface area is 173 Å². The van der Waals surface area contributed by atoms with Crippen molar-refractivity contribution in [3.63, 3.8) is 0 Å². The fraction of sp³-hybridized carbons (Fsp3) is 0.227. The molecule has 1 aliphatic rings. The van der Waals surface area contributed by atoms with Gasteiger partial charge in [-0.2, -0.15) is 0 Å². The van der Waals surface area contributed by atoms with Crippen LogP contribution in [-0.4, -0.2) is 27.5 Å². The van der Waals surface area contributed by atoms with Crippen LogP contribution < -0.4 is 5.32 Å². The van der Waals surface area contributed by atoms with E-state index in [0.717, 1.165) is 22.7 Å². The highest BCUT2D eigenvalue weighted by molar-refractivity contribution is 7.99. The van der Waals surface area contributed by atoms with E-state index < -0.39 is 5.97 Å². The molecule has 1 aliphatic heterocycles. The topological polar surface area (TPSA) is 73.2 Å². The first-order valence-corrected chi connectivity index (χ1v) is 10.4. The molecule has 0 saturated heterocycles. The number of pyridine rings is 1. The van der Waals surface area contributed by atoms with Crippen molar-refractivity contribution in [3.8, 4) is 0 Å². The van der Waals surface area contributed by atoms with Crippen LogP contribution in [0.5, 0.6) is 0 Å². The molecule has 0 aliphatic carbocycles. The van der Waals surface area contributed by atoms with Crippen molar-refractivity contribution in [1.29, 1.82) is 0 Å². The largest absolute Gasteiger partial charge is 0.459 e. The first kappa shape index (κ1) is 19.3. The summed E-state index contributed by atoms with van der Waals surface area (Å²) in [6, 6.07) is 12.5. The number of aromatic nitrogens is 2. The standard InChI is InChI=1S/C22H21N3O3S/c1-14(2)28-22(27)16-6-3-5-15(11-16)20(26)24-18-8-10-25-19(18)13-29-21(25)17-7-4-9-23-12-17/h3-12,14,21H,13H2,1-2H3,(H,24,26). The molecule has 0 radical (unpaired) electrons. The zero-order chi connectivity index (χ0) is 20.4. The lowest BCUT2D eigenvalue weighted by Gasteiger charge is -2.12. The lowest BCUT2D eigenvalue weighted by molar-refractivity contribution is 0.0378. The number of esters is 1. The third-order valence-corrected chi connectivity index (χ3v) is 5.83. The molecule has 7 heteroatoms. The maximum Gasteiger partial charge on any atom is 0.338 e. The Morgan fingerprint density at radius 1 is 1.21 bits per heavy atom. The second kappa shape index (κ2) is 8.13. The predicted octanol–water partition coefficient (Wildman–Crippen LogP) is 4.49. The Balaban J connectivity index is 1.51.